The molecule has 0 aliphatic carbocycles. The van der Waals surface area contributed by atoms with Crippen molar-refractivity contribution < 1.29 is 0 Å². The van der Waals surface area contributed by atoms with Gasteiger partial charge in [0, 0.05) is 14.1 Å². The van der Waals surface area contributed by atoms with Crippen molar-refractivity contribution in [1.82, 2.24) is 10.3 Å². The van der Waals surface area contributed by atoms with Crippen LogP contribution in [0.3, 0.4) is 0 Å². The Morgan fingerprint density at radius 2 is 2.00 bits per heavy atom. The second kappa shape index (κ2) is 3.19. The SMILES string of the molecule is C[B]NN(C)C. The van der Waals surface area contributed by atoms with Crippen LogP contribution < -0.4 is 5.34 Å². The van der Waals surface area contributed by atoms with Gasteiger partial charge < -0.3 is 5.34 Å². The molecular weight excluding hydrogens is 74.9 g/mol. The van der Waals surface area contributed by atoms with Crippen LogP contribution in [-0.4, -0.2) is 26.5 Å². The molecule has 0 fully saturated rings. The van der Waals surface area contributed by atoms with Crippen LogP contribution in [0.2, 0.25) is 6.82 Å². The van der Waals surface area contributed by atoms with Crippen molar-refractivity contribution in [3.05, 3.63) is 0 Å². The summed E-state index contributed by atoms with van der Waals surface area (Å²) >= 11 is 0. The third-order valence-electron chi connectivity index (χ3n) is 0.387. The number of nitrogens with one attached hydrogen (secondary N) is 1. The average molecular weight is 84.9 g/mol. The normalized spacial score (nSPS) is 9.33. The lowest BCUT2D eigenvalue weighted by molar-refractivity contribution is 0.374. The molecule has 0 aromatic carbocycles. The first kappa shape index (κ1) is 5.98. The van der Waals surface area contributed by atoms with Gasteiger partial charge in [0.1, 0.15) is 0 Å². The molecule has 0 atom stereocenters. The third kappa shape index (κ3) is 3.98. The summed E-state index contributed by atoms with van der Waals surface area (Å²) in [5, 5.41) is 4.79. The highest BCUT2D eigenvalue weighted by Crippen LogP contribution is 1.55. The zero-order chi connectivity index (χ0) is 4.99. The predicted molar refractivity (Wildman–Crippen MR) is 28.4 cm³/mol. The number of rotatable bonds is 2. The smallest absolute Gasteiger partial charge is 0.222 e. The van der Waals surface area contributed by atoms with Crippen LogP contribution in [0.25, 0.3) is 0 Å². The first-order chi connectivity index (χ1) is 2.77. The van der Waals surface area contributed by atoms with Crippen LogP contribution in [0.1, 0.15) is 0 Å². The molecule has 0 aliphatic rings. The Morgan fingerprint density at radius 3 is 2.00 bits per heavy atom. The summed E-state index contributed by atoms with van der Waals surface area (Å²) in [5.41, 5.74) is 0. The monoisotopic (exact) mass is 85.1 g/mol. The van der Waals surface area contributed by atoms with Crippen molar-refractivity contribution in [3.63, 3.8) is 0 Å². The van der Waals surface area contributed by atoms with Gasteiger partial charge in [-0.25, -0.2) is 0 Å². The number of hydrazine groups is 1. The summed E-state index contributed by atoms with van der Waals surface area (Å²) in [6, 6.07) is 0. The van der Waals surface area contributed by atoms with Crippen LogP contribution in [0.4, 0.5) is 0 Å². The van der Waals surface area contributed by atoms with Gasteiger partial charge in [0.15, 0.2) is 0 Å². The van der Waals surface area contributed by atoms with Gasteiger partial charge in [0.2, 0.25) is 7.41 Å². The Kier molecular flexibility index (Phi) is 3.18. The summed E-state index contributed by atoms with van der Waals surface area (Å²) in [6.07, 6.45) is 0. The molecule has 0 saturated heterocycles. The molecule has 1 N–H and O–H groups in total. The molecule has 0 aliphatic heterocycles. The van der Waals surface area contributed by atoms with Gasteiger partial charge in [-0.2, -0.15) is 0 Å². The number of hydrogen-bond donors (Lipinski definition) is 1. The van der Waals surface area contributed by atoms with E-state index in [0.717, 1.165) is 0 Å². The predicted octanol–water partition coefficient (Wildman–Crippen LogP) is -0.280. The zero-order valence-corrected chi connectivity index (χ0v) is 4.52. The fourth-order valence-electron chi connectivity index (χ4n) is 0.258. The Bertz CT molecular complexity index is 30.0. The maximum atomic E-state index is 2.92. The van der Waals surface area contributed by atoms with Crippen LogP contribution in [0.5, 0.6) is 0 Å². The molecule has 0 saturated carbocycles. The van der Waals surface area contributed by atoms with E-state index in [1.807, 2.05) is 33.3 Å². The van der Waals surface area contributed by atoms with E-state index in [0.29, 0.717) is 0 Å². The number of hydrogen-bond acceptors (Lipinski definition) is 2. The molecular formula is C3H10BN2. The second-order valence-corrected chi connectivity index (χ2v) is 1.31. The fraction of sp³-hybridized carbons (Fsp3) is 1.00. The van der Waals surface area contributed by atoms with E-state index < -0.39 is 0 Å². The maximum absolute atomic E-state index is 2.92. The molecule has 35 valence electrons. The highest BCUT2D eigenvalue weighted by Gasteiger charge is 1.78. The lowest BCUT2D eigenvalue weighted by Gasteiger charge is -2.06. The lowest BCUT2D eigenvalue weighted by Crippen LogP contribution is -2.31. The van der Waals surface area contributed by atoms with Crippen LogP contribution in [0.15, 0.2) is 0 Å². The molecule has 1 radical (unpaired) electrons. The topological polar surface area (TPSA) is 15.3 Å². The van der Waals surface area contributed by atoms with Crippen molar-refractivity contribution in [2.45, 2.75) is 6.82 Å². The van der Waals surface area contributed by atoms with Crippen LogP contribution in [-0.2, 0) is 0 Å². The van der Waals surface area contributed by atoms with Gasteiger partial charge in [-0.05, 0) is 0 Å². The van der Waals surface area contributed by atoms with Crippen LogP contribution >= 0.6 is 0 Å². The Balaban J connectivity index is 2.63. The highest BCUT2D eigenvalue weighted by molar-refractivity contribution is 6.29. The molecule has 0 spiro atoms. The van der Waals surface area contributed by atoms with E-state index in [-0.39, 0.29) is 0 Å². The molecule has 6 heavy (non-hydrogen) atoms. The van der Waals surface area contributed by atoms with Gasteiger partial charge >= 0.3 is 0 Å². The molecule has 0 unspecified atom stereocenters. The van der Waals surface area contributed by atoms with Crippen molar-refractivity contribution in [1.29, 1.82) is 0 Å². The van der Waals surface area contributed by atoms with E-state index >= 15 is 0 Å². The maximum Gasteiger partial charge on any atom is 0.222 e. The minimum Gasteiger partial charge on any atom is -0.301 e. The Labute approximate surface area is 39.8 Å². The van der Waals surface area contributed by atoms with Gasteiger partial charge in [-0.1, -0.05) is 6.82 Å². The Morgan fingerprint density at radius 1 is 1.50 bits per heavy atom. The third-order valence-corrected chi connectivity index (χ3v) is 0.387. The van der Waals surface area contributed by atoms with Crippen molar-refractivity contribution in [2.24, 2.45) is 0 Å². The van der Waals surface area contributed by atoms with Crippen LogP contribution in [0, 0.1) is 0 Å². The van der Waals surface area contributed by atoms with E-state index in [2.05, 4.69) is 5.34 Å². The van der Waals surface area contributed by atoms with Gasteiger partial charge in [0.05, 0.1) is 0 Å². The first-order valence-corrected chi connectivity index (χ1v) is 1.98. The van der Waals surface area contributed by atoms with E-state index in [4.69, 9.17) is 0 Å². The van der Waals surface area contributed by atoms with Crippen molar-refractivity contribution in [3.8, 4) is 0 Å². The van der Waals surface area contributed by atoms with Crippen molar-refractivity contribution >= 4 is 7.41 Å². The molecule has 0 amide bonds. The van der Waals surface area contributed by atoms with Crippen molar-refractivity contribution in [2.75, 3.05) is 14.1 Å². The Hall–Kier alpha value is -0.0151. The molecule has 0 bridgehead atoms. The summed E-state index contributed by atoms with van der Waals surface area (Å²) in [5.74, 6) is 0. The first-order valence-electron chi connectivity index (χ1n) is 1.98. The average Bonchev–Trinajstić information content (AvgIpc) is 1.35. The molecule has 0 aromatic rings. The largest absolute Gasteiger partial charge is 0.301 e. The zero-order valence-electron chi connectivity index (χ0n) is 4.52. The fourth-order valence-corrected chi connectivity index (χ4v) is 0.258. The van der Waals surface area contributed by atoms with Gasteiger partial charge in [-0.3, -0.25) is 5.01 Å². The molecule has 2 nitrogen and oxygen atoms in total. The van der Waals surface area contributed by atoms with Gasteiger partial charge in [0.25, 0.3) is 0 Å². The molecule has 0 aromatic heterocycles. The summed E-state index contributed by atoms with van der Waals surface area (Å²) in [4.78, 5) is 0. The molecule has 3 heteroatoms. The quantitative estimate of drug-likeness (QED) is 0.366. The van der Waals surface area contributed by atoms with Gasteiger partial charge in [-0.15, -0.1) is 0 Å². The molecule has 0 heterocycles. The van der Waals surface area contributed by atoms with E-state index in [1.165, 1.54) is 0 Å². The van der Waals surface area contributed by atoms with E-state index in [1.54, 1.807) is 0 Å². The summed E-state index contributed by atoms with van der Waals surface area (Å²) in [7, 11) is 5.76. The lowest BCUT2D eigenvalue weighted by atomic mass is 10.0. The standard InChI is InChI=1S/C3H10BN2/c1-4-5-6(2)3/h5H,1-3H3. The minimum atomic E-state index is 1.88. The number of nitrogens with zero attached hydrogens (tertiary/aromatic N) is 1. The minimum absolute atomic E-state index is 1.88. The summed E-state index contributed by atoms with van der Waals surface area (Å²) in [6.45, 7) is 1.94. The summed E-state index contributed by atoms with van der Waals surface area (Å²) < 4.78 is 0. The second-order valence-electron chi connectivity index (χ2n) is 1.31. The molecule has 0 rings (SSSR count). The van der Waals surface area contributed by atoms with E-state index in [9.17, 15) is 0 Å². The highest BCUT2D eigenvalue weighted by atomic mass is 15.4.